The van der Waals surface area contributed by atoms with Crippen LogP contribution in [0.15, 0.2) is 48.2 Å². The lowest BCUT2D eigenvalue weighted by Crippen LogP contribution is -2.35. The fourth-order valence-corrected chi connectivity index (χ4v) is 4.42. The van der Waals surface area contributed by atoms with Gasteiger partial charge < -0.3 is 5.32 Å². The van der Waals surface area contributed by atoms with Crippen LogP contribution in [0.3, 0.4) is 0 Å². The first kappa shape index (κ1) is 26.9. The van der Waals surface area contributed by atoms with E-state index in [1.807, 2.05) is 43.3 Å². The highest BCUT2D eigenvalue weighted by atomic mass is 16.2. The van der Waals surface area contributed by atoms with Gasteiger partial charge in [-0.05, 0) is 42.9 Å². The van der Waals surface area contributed by atoms with Crippen molar-refractivity contribution < 1.29 is 9.59 Å². The van der Waals surface area contributed by atoms with E-state index in [0.717, 1.165) is 24.0 Å². The number of nitrogens with one attached hydrogen (secondary N) is 1. The highest BCUT2D eigenvalue weighted by molar-refractivity contribution is 6.11. The van der Waals surface area contributed by atoms with Gasteiger partial charge in [0.2, 0.25) is 0 Å². The Bertz CT molecular complexity index is 782. The molecule has 3 amide bonds. The summed E-state index contributed by atoms with van der Waals surface area (Å²) in [5, 5.41) is 2.79. The minimum atomic E-state index is -0.279. The van der Waals surface area contributed by atoms with E-state index >= 15 is 0 Å². The third kappa shape index (κ3) is 9.57. The summed E-state index contributed by atoms with van der Waals surface area (Å²) in [5.74, 6) is 0.197. The summed E-state index contributed by atoms with van der Waals surface area (Å²) < 4.78 is 0. The normalized spacial score (nSPS) is 16.5. The first-order chi connectivity index (χ1) is 16.1. The van der Waals surface area contributed by atoms with Crippen LogP contribution >= 0.6 is 0 Å². The molecule has 1 aromatic rings. The van der Waals surface area contributed by atoms with E-state index in [-0.39, 0.29) is 11.9 Å². The lowest BCUT2D eigenvalue weighted by molar-refractivity contribution is -0.123. The zero-order chi connectivity index (χ0) is 23.9. The molecule has 182 valence electrons. The highest BCUT2D eigenvalue weighted by Gasteiger charge is 2.34. The fraction of sp³-hybridized carbons (Fsp3) is 0.586. The summed E-state index contributed by atoms with van der Waals surface area (Å²) in [4.78, 5) is 27.0. The van der Waals surface area contributed by atoms with Crippen molar-refractivity contribution in [2.75, 3.05) is 6.54 Å². The largest absolute Gasteiger partial charge is 0.329 e. The van der Waals surface area contributed by atoms with Crippen molar-refractivity contribution in [3.05, 3.63) is 53.7 Å². The third-order valence-electron chi connectivity index (χ3n) is 6.56. The smallest absolute Gasteiger partial charge is 0.303 e. The summed E-state index contributed by atoms with van der Waals surface area (Å²) >= 11 is 0. The number of hydrogen-bond acceptors (Lipinski definition) is 2. The van der Waals surface area contributed by atoms with Crippen LogP contribution in [-0.2, 0) is 4.79 Å². The van der Waals surface area contributed by atoms with Gasteiger partial charge in [0.15, 0.2) is 0 Å². The van der Waals surface area contributed by atoms with Gasteiger partial charge in [0.25, 0.3) is 5.91 Å². The van der Waals surface area contributed by atoms with Crippen molar-refractivity contribution in [2.45, 2.75) is 97.8 Å². The van der Waals surface area contributed by atoms with E-state index in [2.05, 4.69) is 19.2 Å². The zero-order valence-electron chi connectivity index (χ0n) is 21.1. The standard InChI is InChI=1S/C29H44N2O2/c1-4-6-8-10-11-14-18-25(17-13-9-7-5-2)23-31-28(32)27(30-29(31)33)22-21-24(3)26-19-15-12-16-20-26/h12,15-16,19-22,25H,4-11,13-14,17-18,23H2,1-3H3,(H,30,33). The number of unbranched alkanes of at least 4 members (excludes halogenated alkanes) is 8. The van der Waals surface area contributed by atoms with Crippen molar-refractivity contribution in [3.8, 4) is 0 Å². The Kier molecular flexibility index (Phi) is 12.6. The van der Waals surface area contributed by atoms with Gasteiger partial charge in [0.05, 0.1) is 0 Å². The Morgan fingerprint density at radius 1 is 0.879 bits per heavy atom. The number of imide groups is 1. The zero-order valence-corrected chi connectivity index (χ0v) is 21.1. The number of amides is 3. The molecule has 0 saturated carbocycles. The molecule has 4 nitrogen and oxygen atoms in total. The van der Waals surface area contributed by atoms with Gasteiger partial charge in [-0.3, -0.25) is 9.69 Å². The van der Waals surface area contributed by atoms with E-state index in [1.165, 1.54) is 69.1 Å². The monoisotopic (exact) mass is 452 g/mol. The predicted octanol–water partition coefficient (Wildman–Crippen LogP) is 7.86. The molecule has 1 fully saturated rings. The van der Waals surface area contributed by atoms with Gasteiger partial charge in [0.1, 0.15) is 5.70 Å². The second-order valence-corrected chi connectivity index (χ2v) is 9.41. The summed E-state index contributed by atoms with van der Waals surface area (Å²) in [7, 11) is 0. The maximum atomic E-state index is 13.0. The van der Waals surface area contributed by atoms with Crippen molar-refractivity contribution in [3.63, 3.8) is 0 Å². The van der Waals surface area contributed by atoms with Crippen LogP contribution in [0.5, 0.6) is 0 Å². The van der Waals surface area contributed by atoms with Gasteiger partial charge in [-0.15, -0.1) is 0 Å². The predicted molar refractivity (Wildman–Crippen MR) is 139 cm³/mol. The first-order valence-electron chi connectivity index (χ1n) is 13.1. The molecule has 1 unspecified atom stereocenters. The van der Waals surface area contributed by atoms with Crippen molar-refractivity contribution in [1.29, 1.82) is 0 Å². The third-order valence-corrected chi connectivity index (χ3v) is 6.56. The number of nitrogens with zero attached hydrogens (tertiary/aromatic N) is 1. The Labute approximate surface area is 201 Å². The van der Waals surface area contributed by atoms with Gasteiger partial charge in [-0.25, -0.2) is 4.79 Å². The summed E-state index contributed by atoms with van der Waals surface area (Å²) in [6.07, 6.45) is 18.4. The average Bonchev–Trinajstić information content (AvgIpc) is 3.10. The molecule has 0 aromatic heterocycles. The molecule has 0 radical (unpaired) electrons. The molecule has 33 heavy (non-hydrogen) atoms. The summed E-state index contributed by atoms with van der Waals surface area (Å²) in [5.41, 5.74) is 2.54. The van der Waals surface area contributed by atoms with Crippen LogP contribution in [0.1, 0.15) is 103 Å². The number of carbonyl (C=O) groups is 2. The lowest BCUT2D eigenvalue weighted by Gasteiger charge is -2.21. The molecule has 1 N–H and O–H groups in total. The molecule has 0 spiro atoms. The summed E-state index contributed by atoms with van der Waals surface area (Å²) in [6, 6.07) is 9.77. The van der Waals surface area contributed by atoms with Gasteiger partial charge in [-0.2, -0.15) is 0 Å². The number of hydrogen-bond donors (Lipinski definition) is 1. The van der Waals surface area contributed by atoms with Crippen LogP contribution in [0.25, 0.3) is 5.57 Å². The van der Waals surface area contributed by atoms with Crippen LogP contribution in [0.2, 0.25) is 0 Å². The maximum absolute atomic E-state index is 13.0. The quantitative estimate of drug-likeness (QED) is 0.158. The lowest BCUT2D eigenvalue weighted by atomic mass is 9.93. The minimum absolute atomic E-state index is 0.196. The van der Waals surface area contributed by atoms with Crippen LogP contribution in [0, 0.1) is 5.92 Å². The highest BCUT2D eigenvalue weighted by Crippen LogP contribution is 2.23. The molecule has 1 aliphatic rings. The van der Waals surface area contributed by atoms with Crippen LogP contribution < -0.4 is 5.32 Å². The Morgan fingerprint density at radius 2 is 1.45 bits per heavy atom. The van der Waals surface area contributed by atoms with E-state index in [1.54, 1.807) is 6.08 Å². The molecular weight excluding hydrogens is 408 g/mol. The van der Waals surface area contributed by atoms with E-state index in [4.69, 9.17) is 0 Å². The van der Waals surface area contributed by atoms with Gasteiger partial charge in [0, 0.05) is 6.54 Å². The van der Waals surface area contributed by atoms with E-state index in [0.29, 0.717) is 18.2 Å². The maximum Gasteiger partial charge on any atom is 0.329 e. The second-order valence-electron chi connectivity index (χ2n) is 9.41. The number of benzene rings is 1. The molecule has 1 heterocycles. The Hall–Kier alpha value is -2.36. The van der Waals surface area contributed by atoms with Crippen molar-refractivity contribution in [2.24, 2.45) is 5.92 Å². The number of allylic oxidation sites excluding steroid dienone is 3. The van der Waals surface area contributed by atoms with Crippen molar-refractivity contribution in [1.82, 2.24) is 10.2 Å². The molecule has 4 heteroatoms. The second kappa shape index (κ2) is 15.5. The first-order valence-corrected chi connectivity index (χ1v) is 13.1. The summed E-state index contributed by atoms with van der Waals surface area (Å²) in [6.45, 7) is 7.01. The molecule has 1 aromatic carbocycles. The van der Waals surface area contributed by atoms with Crippen molar-refractivity contribution >= 4 is 17.5 Å². The molecule has 1 saturated heterocycles. The Morgan fingerprint density at radius 3 is 2.09 bits per heavy atom. The van der Waals surface area contributed by atoms with Gasteiger partial charge >= 0.3 is 6.03 Å². The molecule has 0 aliphatic carbocycles. The molecular formula is C29H44N2O2. The van der Waals surface area contributed by atoms with Crippen LogP contribution in [-0.4, -0.2) is 23.4 Å². The van der Waals surface area contributed by atoms with E-state index < -0.39 is 0 Å². The molecule has 1 aliphatic heterocycles. The molecule has 0 bridgehead atoms. The minimum Gasteiger partial charge on any atom is -0.303 e. The van der Waals surface area contributed by atoms with Gasteiger partial charge in [-0.1, -0.05) is 114 Å². The Balaban J connectivity index is 1.96. The number of urea groups is 1. The van der Waals surface area contributed by atoms with Crippen LogP contribution in [0.4, 0.5) is 4.79 Å². The number of rotatable bonds is 16. The molecule has 2 rings (SSSR count). The average molecular weight is 453 g/mol. The number of carbonyl (C=O) groups excluding carboxylic acids is 2. The molecule has 1 atom stereocenters. The SMILES string of the molecule is CCCCCCCCC(CCCCCC)CN1C(=O)NC(=CC=C(C)c2ccccc2)C1=O. The topological polar surface area (TPSA) is 49.4 Å². The van der Waals surface area contributed by atoms with E-state index in [9.17, 15) is 9.59 Å². The fourth-order valence-electron chi connectivity index (χ4n) is 4.42.